The average Bonchev–Trinajstić information content (AvgIpc) is 2.17. The van der Waals surface area contributed by atoms with Gasteiger partial charge in [0.15, 0.2) is 0 Å². The summed E-state index contributed by atoms with van der Waals surface area (Å²) in [6.45, 7) is 0. The zero-order valence-electron chi connectivity index (χ0n) is 7.35. The summed E-state index contributed by atoms with van der Waals surface area (Å²) in [5.41, 5.74) is -0.543. The highest BCUT2D eigenvalue weighted by Crippen LogP contribution is 2.09. The highest BCUT2D eigenvalue weighted by atomic mass is 79.9. The predicted octanol–water partition coefficient (Wildman–Crippen LogP) is 1.16. The van der Waals surface area contributed by atoms with E-state index in [0.717, 1.165) is 6.20 Å². The molecule has 15 heavy (non-hydrogen) atoms. The van der Waals surface area contributed by atoms with Gasteiger partial charge in [-0.2, -0.15) is 0 Å². The van der Waals surface area contributed by atoms with Gasteiger partial charge in [-0.3, -0.25) is 9.20 Å². The van der Waals surface area contributed by atoms with E-state index in [1.807, 2.05) is 0 Å². The number of nitrogens with zero attached hydrogens (tertiary/aromatic N) is 2. The average molecular weight is 269 g/mol. The fourth-order valence-corrected chi connectivity index (χ4v) is 1.72. The van der Waals surface area contributed by atoms with Gasteiger partial charge in [-0.15, -0.1) is 0 Å². The number of carbonyl (C=O) groups is 1. The summed E-state index contributed by atoms with van der Waals surface area (Å²) in [6.07, 6.45) is 1.06. The van der Waals surface area contributed by atoms with Crippen LogP contribution in [0.5, 0.6) is 0 Å². The number of aromatic carboxylic acids is 1. The van der Waals surface area contributed by atoms with Crippen LogP contribution in [0.3, 0.4) is 0 Å². The molecule has 0 atom stereocenters. The summed E-state index contributed by atoms with van der Waals surface area (Å²) in [6, 6.07) is 4.98. The van der Waals surface area contributed by atoms with Crippen molar-refractivity contribution < 1.29 is 9.90 Å². The fourth-order valence-electron chi connectivity index (χ4n) is 1.23. The molecular formula is C9H5BrN2O3. The first-order valence-corrected chi connectivity index (χ1v) is 4.80. The first-order chi connectivity index (χ1) is 7.11. The minimum Gasteiger partial charge on any atom is -0.477 e. The van der Waals surface area contributed by atoms with Crippen LogP contribution in [-0.2, 0) is 0 Å². The molecule has 0 aliphatic rings. The van der Waals surface area contributed by atoms with Crippen molar-refractivity contribution >= 4 is 27.5 Å². The Bertz CT molecular complexity index is 606. The molecule has 1 N–H and O–H groups in total. The number of rotatable bonds is 1. The van der Waals surface area contributed by atoms with Crippen molar-refractivity contribution in [2.75, 3.05) is 0 Å². The monoisotopic (exact) mass is 268 g/mol. The smallest absolute Gasteiger partial charge is 0.342 e. The van der Waals surface area contributed by atoms with Gasteiger partial charge in [0.1, 0.15) is 11.2 Å². The molecular weight excluding hydrogens is 264 g/mol. The fraction of sp³-hybridized carbons (Fsp3) is 0. The molecule has 2 aromatic rings. The van der Waals surface area contributed by atoms with Crippen molar-refractivity contribution in [2.45, 2.75) is 0 Å². The molecule has 0 spiro atoms. The summed E-state index contributed by atoms with van der Waals surface area (Å²) in [5, 5.41) is 8.75. The Morgan fingerprint density at radius 2 is 2.20 bits per heavy atom. The van der Waals surface area contributed by atoms with E-state index in [-0.39, 0.29) is 5.56 Å². The number of carboxylic acids is 1. The molecule has 0 aliphatic carbocycles. The Balaban J connectivity index is 2.96. The highest BCUT2D eigenvalue weighted by Gasteiger charge is 2.12. The van der Waals surface area contributed by atoms with Gasteiger partial charge in [0, 0.05) is 6.20 Å². The van der Waals surface area contributed by atoms with Crippen LogP contribution < -0.4 is 5.56 Å². The molecule has 0 amide bonds. The molecule has 6 heteroatoms. The maximum Gasteiger partial charge on any atom is 0.342 e. The van der Waals surface area contributed by atoms with E-state index in [9.17, 15) is 9.59 Å². The van der Waals surface area contributed by atoms with Crippen molar-refractivity contribution in [3.8, 4) is 0 Å². The number of fused-ring (bicyclic) bond motifs is 1. The Morgan fingerprint density at radius 3 is 2.87 bits per heavy atom. The van der Waals surface area contributed by atoms with Gasteiger partial charge in [0.05, 0.1) is 4.60 Å². The van der Waals surface area contributed by atoms with Crippen LogP contribution in [0.4, 0.5) is 0 Å². The minimum absolute atomic E-state index is 0.348. The topological polar surface area (TPSA) is 71.7 Å². The van der Waals surface area contributed by atoms with Crippen molar-refractivity contribution in [3.05, 3.63) is 44.9 Å². The van der Waals surface area contributed by atoms with E-state index in [4.69, 9.17) is 5.11 Å². The molecule has 2 aromatic heterocycles. The molecule has 0 unspecified atom stereocenters. The summed E-state index contributed by atoms with van der Waals surface area (Å²) in [7, 11) is 0. The lowest BCUT2D eigenvalue weighted by molar-refractivity contribution is 0.0694. The van der Waals surface area contributed by atoms with Crippen molar-refractivity contribution in [3.63, 3.8) is 0 Å². The van der Waals surface area contributed by atoms with E-state index in [1.165, 1.54) is 4.40 Å². The van der Waals surface area contributed by atoms with Crippen LogP contribution in [0.1, 0.15) is 10.4 Å². The number of carboxylic acid groups (broad SMARTS) is 1. The first kappa shape index (κ1) is 9.85. The molecule has 0 bridgehead atoms. The summed E-state index contributed by atoms with van der Waals surface area (Å²) in [4.78, 5) is 26.3. The summed E-state index contributed by atoms with van der Waals surface area (Å²) >= 11 is 3.16. The Morgan fingerprint density at radius 1 is 1.47 bits per heavy atom. The third-order valence-corrected chi connectivity index (χ3v) is 2.53. The second-order valence-corrected chi connectivity index (χ2v) is 3.64. The molecule has 0 radical (unpaired) electrons. The van der Waals surface area contributed by atoms with Crippen LogP contribution in [0.25, 0.3) is 5.65 Å². The first-order valence-electron chi connectivity index (χ1n) is 4.01. The van der Waals surface area contributed by atoms with Gasteiger partial charge in [-0.25, -0.2) is 9.78 Å². The van der Waals surface area contributed by atoms with Gasteiger partial charge in [-0.05, 0) is 28.1 Å². The number of hydrogen-bond acceptors (Lipinski definition) is 3. The SMILES string of the molecule is O=C(O)c1cnc2cccc(Br)n2c1=O. The summed E-state index contributed by atoms with van der Waals surface area (Å²) < 4.78 is 1.67. The van der Waals surface area contributed by atoms with Crippen molar-refractivity contribution in [2.24, 2.45) is 0 Å². The number of pyridine rings is 1. The van der Waals surface area contributed by atoms with E-state index in [1.54, 1.807) is 18.2 Å². The lowest BCUT2D eigenvalue weighted by Gasteiger charge is -2.02. The van der Waals surface area contributed by atoms with E-state index in [0.29, 0.717) is 10.3 Å². The molecule has 0 fully saturated rings. The van der Waals surface area contributed by atoms with E-state index in [2.05, 4.69) is 20.9 Å². The molecule has 5 nitrogen and oxygen atoms in total. The molecule has 76 valence electrons. The zero-order valence-corrected chi connectivity index (χ0v) is 8.93. The molecule has 0 aromatic carbocycles. The third kappa shape index (κ3) is 1.52. The second kappa shape index (κ2) is 3.47. The number of halogens is 1. The van der Waals surface area contributed by atoms with Crippen molar-refractivity contribution in [1.82, 2.24) is 9.38 Å². The molecule has 0 saturated heterocycles. The molecule has 2 heterocycles. The van der Waals surface area contributed by atoms with Crippen molar-refractivity contribution in [1.29, 1.82) is 0 Å². The lowest BCUT2D eigenvalue weighted by Crippen LogP contribution is -2.23. The number of hydrogen-bond donors (Lipinski definition) is 1. The molecule has 0 saturated carbocycles. The van der Waals surface area contributed by atoms with Crippen LogP contribution in [0, 0.1) is 0 Å². The molecule has 0 aliphatic heterocycles. The predicted molar refractivity (Wildman–Crippen MR) is 56.1 cm³/mol. The second-order valence-electron chi connectivity index (χ2n) is 2.82. The maximum absolute atomic E-state index is 11.7. The quantitative estimate of drug-likeness (QED) is 0.788. The lowest BCUT2D eigenvalue weighted by atomic mass is 10.3. The Hall–Kier alpha value is -1.69. The Kier molecular flexibility index (Phi) is 2.28. The molecule has 2 rings (SSSR count). The van der Waals surface area contributed by atoms with Crippen LogP contribution in [-0.4, -0.2) is 20.5 Å². The van der Waals surface area contributed by atoms with Crippen LogP contribution in [0.15, 0.2) is 33.8 Å². The van der Waals surface area contributed by atoms with Gasteiger partial charge < -0.3 is 5.11 Å². The largest absolute Gasteiger partial charge is 0.477 e. The van der Waals surface area contributed by atoms with E-state index >= 15 is 0 Å². The third-order valence-electron chi connectivity index (χ3n) is 1.91. The van der Waals surface area contributed by atoms with Gasteiger partial charge in [-0.1, -0.05) is 6.07 Å². The van der Waals surface area contributed by atoms with Gasteiger partial charge in [0.2, 0.25) is 0 Å². The zero-order chi connectivity index (χ0) is 11.0. The minimum atomic E-state index is -1.28. The van der Waals surface area contributed by atoms with E-state index < -0.39 is 11.5 Å². The van der Waals surface area contributed by atoms with Crippen LogP contribution in [0.2, 0.25) is 0 Å². The summed E-state index contributed by atoms with van der Waals surface area (Å²) in [5.74, 6) is -1.28. The number of aromatic nitrogens is 2. The van der Waals surface area contributed by atoms with Gasteiger partial charge >= 0.3 is 5.97 Å². The standard InChI is InChI=1S/C9H5BrN2O3/c10-6-2-1-3-7-11-4-5(9(14)15)8(13)12(6)7/h1-4H,(H,14,15). The normalized spacial score (nSPS) is 10.5. The highest BCUT2D eigenvalue weighted by molar-refractivity contribution is 9.10. The van der Waals surface area contributed by atoms with Gasteiger partial charge in [0.25, 0.3) is 5.56 Å². The Labute approximate surface area is 92.1 Å². The van der Waals surface area contributed by atoms with Crippen LogP contribution >= 0.6 is 15.9 Å². The maximum atomic E-state index is 11.7.